The van der Waals surface area contributed by atoms with E-state index in [-0.39, 0.29) is 11.9 Å². The number of likely N-dealkylation sites (N-methyl/N-ethyl adjacent to an activating group) is 1. The largest absolute Gasteiger partial charge is 0.329 e. The zero-order valence-electron chi connectivity index (χ0n) is 12.1. The van der Waals surface area contributed by atoms with Crippen molar-refractivity contribution in [3.05, 3.63) is 34.1 Å². The molecule has 1 aromatic rings. The van der Waals surface area contributed by atoms with Crippen molar-refractivity contribution >= 4 is 15.9 Å². The molecule has 4 heteroatoms. The predicted octanol–water partition coefficient (Wildman–Crippen LogP) is 4.10. The molecule has 0 saturated heterocycles. The van der Waals surface area contributed by atoms with Crippen LogP contribution in [0.5, 0.6) is 0 Å². The summed E-state index contributed by atoms with van der Waals surface area (Å²) in [5.41, 5.74) is 7.03. The number of halogens is 2. The molecule has 112 valence electrons. The van der Waals surface area contributed by atoms with Gasteiger partial charge in [0.05, 0.1) is 4.47 Å². The Morgan fingerprint density at radius 2 is 2.05 bits per heavy atom. The third-order valence-electron chi connectivity index (χ3n) is 4.35. The van der Waals surface area contributed by atoms with Crippen LogP contribution in [0.25, 0.3) is 0 Å². The van der Waals surface area contributed by atoms with E-state index >= 15 is 0 Å². The average molecular weight is 343 g/mol. The molecule has 0 aromatic heterocycles. The van der Waals surface area contributed by atoms with Gasteiger partial charge >= 0.3 is 0 Å². The number of benzene rings is 1. The average Bonchev–Trinajstić information content (AvgIpc) is 2.44. The van der Waals surface area contributed by atoms with Crippen molar-refractivity contribution in [2.24, 2.45) is 11.7 Å². The van der Waals surface area contributed by atoms with Crippen molar-refractivity contribution < 1.29 is 4.39 Å². The van der Waals surface area contributed by atoms with Gasteiger partial charge in [0.2, 0.25) is 0 Å². The molecule has 0 radical (unpaired) electrons. The van der Waals surface area contributed by atoms with Crippen LogP contribution in [0.1, 0.15) is 43.7 Å². The summed E-state index contributed by atoms with van der Waals surface area (Å²) >= 11 is 3.26. The van der Waals surface area contributed by atoms with E-state index in [0.717, 1.165) is 18.0 Å². The van der Waals surface area contributed by atoms with Gasteiger partial charge in [-0.2, -0.15) is 0 Å². The summed E-state index contributed by atoms with van der Waals surface area (Å²) in [6, 6.07) is 5.37. The van der Waals surface area contributed by atoms with Crippen molar-refractivity contribution in [3.8, 4) is 0 Å². The fraction of sp³-hybridized carbons (Fsp3) is 0.625. The lowest BCUT2D eigenvalue weighted by molar-refractivity contribution is 0.185. The Hall–Kier alpha value is -0.450. The molecule has 0 amide bonds. The minimum Gasteiger partial charge on any atom is -0.329 e. The minimum absolute atomic E-state index is 0.161. The fourth-order valence-electron chi connectivity index (χ4n) is 3.19. The van der Waals surface area contributed by atoms with E-state index in [4.69, 9.17) is 5.73 Å². The van der Waals surface area contributed by atoms with E-state index < -0.39 is 0 Å². The first-order chi connectivity index (χ1) is 9.61. The van der Waals surface area contributed by atoms with Crippen molar-refractivity contribution in [3.63, 3.8) is 0 Å². The van der Waals surface area contributed by atoms with Gasteiger partial charge in [0.1, 0.15) is 5.82 Å². The van der Waals surface area contributed by atoms with Crippen molar-refractivity contribution in [1.82, 2.24) is 4.90 Å². The lowest BCUT2D eigenvalue weighted by atomic mass is 9.88. The highest BCUT2D eigenvalue weighted by Gasteiger charge is 2.21. The van der Waals surface area contributed by atoms with Crippen LogP contribution in [-0.2, 0) is 0 Å². The second kappa shape index (κ2) is 7.53. The van der Waals surface area contributed by atoms with E-state index in [1.54, 1.807) is 0 Å². The number of rotatable bonds is 5. The first-order valence-corrected chi connectivity index (χ1v) is 8.26. The molecule has 0 heterocycles. The van der Waals surface area contributed by atoms with Crippen LogP contribution in [0.2, 0.25) is 0 Å². The van der Waals surface area contributed by atoms with Gasteiger partial charge in [-0.1, -0.05) is 25.3 Å². The van der Waals surface area contributed by atoms with Crippen LogP contribution in [-0.4, -0.2) is 25.0 Å². The molecule has 2 rings (SSSR count). The zero-order valence-corrected chi connectivity index (χ0v) is 13.7. The van der Waals surface area contributed by atoms with E-state index in [0.29, 0.717) is 11.0 Å². The Balaban J connectivity index is 2.03. The maximum absolute atomic E-state index is 13.3. The Kier molecular flexibility index (Phi) is 6.00. The minimum atomic E-state index is -0.223. The molecule has 2 nitrogen and oxygen atoms in total. The van der Waals surface area contributed by atoms with E-state index in [1.165, 1.54) is 38.2 Å². The lowest BCUT2D eigenvalue weighted by Gasteiger charge is -2.32. The molecule has 0 bridgehead atoms. The molecule has 1 aromatic carbocycles. The van der Waals surface area contributed by atoms with E-state index in [9.17, 15) is 4.39 Å². The summed E-state index contributed by atoms with van der Waals surface area (Å²) in [4.78, 5) is 2.33. The van der Waals surface area contributed by atoms with Gasteiger partial charge in [-0.3, -0.25) is 4.90 Å². The number of hydrogen-bond donors (Lipinski definition) is 1. The second-order valence-corrected chi connectivity index (χ2v) is 6.72. The molecule has 1 aliphatic rings. The first kappa shape index (κ1) is 15.9. The van der Waals surface area contributed by atoms with Gasteiger partial charge in [0.25, 0.3) is 0 Å². The maximum atomic E-state index is 13.3. The molecule has 20 heavy (non-hydrogen) atoms. The van der Waals surface area contributed by atoms with Crippen LogP contribution < -0.4 is 5.73 Å². The van der Waals surface area contributed by atoms with Crippen molar-refractivity contribution in [2.75, 3.05) is 20.1 Å². The molecule has 0 spiro atoms. The third-order valence-corrected chi connectivity index (χ3v) is 4.96. The van der Waals surface area contributed by atoms with Gasteiger partial charge in [-0.05, 0) is 59.4 Å². The third kappa shape index (κ3) is 4.03. The number of hydrogen-bond acceptors (Lipinski definition) is 2. The van der Waals surface area contributed by atoms with E-state index in [2.05, 4.69) is 27.9 Å². The zero-order chi connectivity index (χ0) is 14.5. The molecule has 1 unspecified atom stereocenters. The van der Waals surface area contributed by atoms with Crippen LogP contribution in [0.4, 0.5) is 4.39 Å². The summed E-state index contributed by atoms with van der Waals surface area (Å²) in [6.07, 6.45) is 6.75. The highest BCUT2D eigenvalue weighted by molar-refractivity contribution is 9.10. The van der Waals surface area contributed by atoms with Crippen LogP contribution in [0.3, 0.4) is 0 Å². The van der Waals surface area contributed by atoms with E-state index in [1.807, 2.05) is 12.1 Å². The Morgan fingerprint density at radius 3 is 2.65 bits per heavy atom. The molecular weight excluding hydrogens is 319 g/mol. The molecular formula is C16H24BrFN2. The second-order valence-electron chi connectivity index (χ2n) is 5.87. The Labute approximate surface area is 129 Å². The van der Waals surface area contributed by atoms with Gasteiger partial charge < -0.3 is 5.73 Å². The standard InChI is InChI=1S/C16H24BrFN2/c1-20(11-12-5-3-2-4-6-12)16(10-19)13-7-8-15(18)14(17)9-13/h7-9,12,16H,2-6,10-11,19H2,1H3. The Bertz CT molecular complexity index is 432. The summed E-state index contributed by atoms with van der Waals surface area (Å²) in [6.45, 7) is 1.64. The first-order valence-electron chi connectivity index (χ1n) is 7.47. The fourth-order valence-corrected chi connectivity index (χ4v) is 3.59. The van der Waals surface area contributed by atoms with Crippen molar-refractivity contribution in [1.29, 1.82) is 0 Å². The topological polar surface area (TPSA) is 29.3 Å². The Morgan fingerprint density at radius 1 is 1.35 bits per heavy atom. The van der Waals surface area contributed by atoms with Gasteiger partial charge in [0.15, 0.2) is 0 Å². The monoisotopic (exact) mass is 342 g/mol. The maximum Gasteiger partial charge on any atom is 0.137 e. The summed E-state index contributed by atoms with van der Waals surface area (Å²) < 4.78 is 13.9. The normalized spacial score (nSPS) is 18.4. The predicted molar refractivity (Wildman–Crippen MR) is 85.1 cm³/mol. The number of nitrogens with two attached hydrogens (primary N) is 1. The smallest absolute Gasteiger partial charge is 0.137 e. The molecule has 1 saturated carbocycles. The summed E-state index contributed by atoms with van der Waals surface area (Å²) in [5, 5.41) is 0. The van der Waals surface area contributed by atoms with Crippen LogP contribution in [0, 0.1) is 11.7 Å². The SMILES string of the molecule is CN(CC1CCCCC1)C(CN)c1ccc(F)c(Br)c1. The quantitative estimate of drug-likeness (QED) is 0.872. The van der Waals surface area contributed by atoms with Gasteiger partial charge in [0, 0.05) is 19.1 Å². The summed E-state index contributed by atoms with van der Waals surface area (Å²) in [5.74, 6) is 0.561. The molecule has 2 N–H and O–H groups in total. The summed E-state index contributed by atoms with van der Waals surface area (Å²) in [7, 11) is 2.13. The molecule has 1 fully saturated rings. The molecule has 1 aliphatic carbocycles. The van der Waals surface area contributed by atoms with Gasteiger partial charge in [-0.25, -0.2) is 4.39 Å². The van der Waals surface area contributed by atoms with Crippen molar-refractivity contribution in [2.45, 2.75) is 38.1 Å². The van der Waals surface area contributed by atoms with Gasteiger partial charge in [-0.15, -0.1) is 0 Å². The molecule has 1 atom stereocenters. The highest BCUT2D eigenvalue weighted by atomic mass is 79.9. The number of nitrogens with zero attached hydrogens (tertiary/aromatic N) is 1. The van der Waals surface area contributed by atoms with Crippen LogP contribution in [0.15, 0.2) is 22.7 Å². The molecule has 0 aliphatic heterocycles. The lowest BCUT2D eigenvalue weighted by Crippen LogP contribution is -2.34. The highest BCUT2D eigenvalue weighted by Crippen LogP contribution is 2.28. The van der Waals surface area contributed by atoms with Crippen LogP contribution >= 0.6 is 15.9 Å².